The highest BCUT2D eigenvalue weighted by molar-refractivity contribution is 7.90. The van der Waals surface area contributed by atoms with Gasteiger partial charge in [0.05, 0.1) is 11.4 Å². The Labute approximate surface area is 154 Å². The van der Waals surface area contributed by atoms with Crippen LogP contribution in [0.25, 0.3) is 0 Å². The van der Waals surface area contributed by atoms with Gasteiger partial charge in [0.25, 0.3) is 10.0 Å². The molecule has 2 N–H and O–H groups in total. The molecule has 0 radical (unpaired) electrons. The van der Waals surface area contributed by atoms with E-state index < -0.39 is 10.0 Å². The van der Waals surface area contributed by atoms with Crippen molar-refractivity contribution in [2.45, 2.75) is 50.1 Å². The predicted octanol–water partition coefficient (Wildman–Crippen LogP) is 1.10. The summed E-state index contributed by atoms with van der Waals surface area (Å²) in [6.45, 7) is 6.64. The minimum absolute atomic E-state index is 0.0357. The van der Waals surface area contributed by atoms with E-state index in [1.165, 1.54) is 0 Å². The zero-order valence-corrected chi connectivity index (χ0v) is 16.1. The van der Waals surface area contributed by atoms with Crippen molar-refractivity contribution >= 4 is 21.8 Å². The third-order valence-electron chi connectivity index (χ3n) is 4.90. The maximum Gasteiger partial charge on any atom is 0.263 e. The van der Waals surface area contributed by atoms with Crippen LogP contribution in [-0.4, -0.2) is 56.8 Å². The van der Waals surface area contributed by atoms with E-state index in [0.29, 0.717) is 17.4 Å². The number of benzene rings is 1. The van der Waals surface area contributed by atoms with Crippen molar-refractivity contribution < 1.29 is 13.2 Å². The smallest absolute Gasteiger partial charge is 0.263 e. The molecule has 0 atom stereocenters. The highest BCUT2D eigenvalue weighted by atomic mass is 32.2. The maximum atomic E-state index is 12.1. The van der Waals surface area contributed by atoms with Gasteiger partial charge in [-0.25, -0.2) is 8.42 Å². The Morgan fingerprint density at radius 1 is 1.31 bits per heavy atom. The summed E-state index contributed by atoms with van der Waals surface area (Å²) in [7, 11) is -3.53. The van der Waals surface area contributed by atoms with Gasteiger partial charge in [0.15, 0.2) is 0 Å². The van der Waals surface area contributed by atoms with Crippen LogP contribution in [0.3, 0.4) is 0 Å². The van der Waals surface area contributed by atoms with E-state index in [4.69, 9.17) is 0 Å². The molecule has 1 aromatic rings. The first-order chi connectivity index (χ1) is 12.4. The molecular formula is C18H26N4O3S. The van der Waals surface area contributed by atoms with Crippen LogP contribution in [0.1, 0.15) is 38.7 Å². The number of piperidine rings is 1. The van der Waals surface area contributed by atoms with E-state index >= 15 is 0 Å². The number of carbonyl (C=O) groups is 1. The van der Waals surface area contributed by atoms with Crippen LogP contribution < -0.4 is 10.0 Å². The van der Waals surface area contributed by atoms with Crippen LogP contribution in [0, 0.1) is 0 Å². The Morgan fingerprint density at radius 2 is 2.00 bits per heavy atom. The molecule has 2 aliphatic rings. The number of aliphatic imine (C=N–C) groups is 1. The monoisotopic (exact) mass is 378 g/mol. The van der Waals surface area contributed by atoms with Crippen molar-refractivity contribution in [3.63, 3.8) is 0 Å². The van der Waals surface area contributed by atoms with Gasteiger partial charge in [0.1, 0.15) is 5.84 Å². The molecule has 0 saturated carbocycles. The van der Waals surface area contributed by atoms with Crippen molar-refractivity contribution in [3.8, 4) is 0 Å². The topological polar surface area (TPSA) is 90.9 Å². The zero-order chi connectivity index (χ0) is 18.7. The van der Waals surface area contributed by atoms with Gasteiger partial charge in [-0.1, -0.05) is 12.1 Å². The minimum Gasteiger partial charge on any atom is -0.353 e. The number of nitrogens with zero attached hydrogens (tertiary/aromatic N) is 2. The summed E-state index contributed by atoms with van der Waals surface area (Å²) in [6, 6.07) is 7.48. The second kappa shape index (κ2) is 7.75. The van der Waals surface area contributed by atoms with Crippen LogP contribution in [0.15, 0.2) is 34.2 Å². The van der Waals surface area contributed by atoms with Crippen molar-refractivity contribution in [1.29, 1.82) is 0 Å². The summed E-state index contributed by atoms with van der Waals surface area (Å²) < 4.78 is 26.5. The molecule has 3 rings (SSSR count). The van der Waals surface area contributed by atoms with E-state index in [2.05, 4.69) is 33.8 Å². The van der Waals surface area contributed by atoms with E-state index in [0.717, 1.165) is 25.9 Å². The highest BCUT2D eigenvalue weighted by Gasteiger charge is 2.30. The first-order valence-corrected chi connectivity index (χ1v) is 10.6. The summed E-state index contributed by atoms with van der Waals surface area (Å²) in [5.74, 6) is 0.283. The molecule has 1 aromatic carbocycles. The Morgan fingerprint density at radius 3 is 2.69 bits per heavy atom. The average Bonchev–Trinajstić information content (AvgIpc) is 2.86. The Kier molecular flexibility index (Phi) is 5.62. The van der Waals surface area contributed by atoms with Crippen LogP contribution in [-0.2, 0) is 14.8 Å². The normalized spacial score (nSPS) is 21.6. The van der Waals surface area contributed by atoms with Gasteiger partial charge < -0.3 is 10.2 Å². The standard InChI is InChI=1S/C18H26N4O3S/c1-13(2)22-11-8-14(9-12-22)20-17(23)7-10-19-18-15-5-3-4-6-16(15)26(24,25)21-18/h3-6,13-14H,7-12H2,1-2H3,(H,19,21)(H,20,23). The molecule has 142 valence electrons. The second-order valence-electron chi connectivity index (χ2n) is 7.05. The molecule has 2 aliphatic heterocycles. The molecule has 0 unspecified atom stereocenters. The third kappa shape index (κ3) is 4.24. The number of hydrogen-bond donors (Lipinski definition) is 2. The molecule has 0 bridgehead atoms. The van der Waals surface area contributed by atoms with E-state index in [1.807, 2.05) is 0 Å². The minimum atomic E-state index is -3.53. The fourth-order valence-corrected chi connectivity index (χ4v) is 4.63. The lowest BCUT2D eigenvalue weighted by atomic mass is 10.0. The molecule has 0 aromatic heterocycles. The molecule has 1 fully saturated rings. The highest BCUT2D eigenvalue weighted by Crippen LogP contribution is 2.22. The van der Waals surface area contributed by atoms with Gasteiger partial charge in [-0.15, -0.1) is 0 Å². The summed E-state index contributed by atoms with van der Waals surface area (Å²) in [5.41, 5.74) is 0.564. The quantitative estimate of drug-likeness (QED) is 0.803. The van der Waals surface area contributed by atoms with Crippen LogP contribution in [0.2, 0.25) is 0 Å². The summed E-state index contributed by atoms with van der Waals surface area (Å²) in [4.78, 5) is 19.1. The SMILES string of the molecule is CC(C)N1CCC(NC(=O)CCN=C2NS(=O)(=O)c3ccccc32)CC1. The molecule has 26 heavy (non-hydrogen) atoms. The first kappa shape index (κ1) is 18.8. The molecule has 1 saturated heterocycles. The molecule has 8 heteroatoms. The lowest BCUT2D eigenvalue weighted by Crippen LogP contribution is -2.46. The van der Waals surface area contributed by atoms with Crippen LogP contribution >= 0.6 is 0 Å². The maximum absolute atomic E-state index is 12.1. The average molecular weight is 378 g/mol. The Bertz CT molecular complexity index is 796. The third-order valence-corrected chi connectivity index (χ3v) is 6.29. The molecule has 0 spiro atoms. The lowest BCUT2D eigenvalue weighted by Gasteiger charge is -2.34. The van der Waals surface area contributed by atoms with Gasteiger partial charge in [-0.2, -0.15) is 0 Å². The van der Waals surface area contributed by atoms with Gasteiger partial charge in [-0.3, -0.25) is 14.5 Å². The van der Waals surface area contributed by atoms with E-state index in [-0.39, 0.29) is 29.8 Å². The molecule has 0 aliphatic carbocycles. The number of sulfonamides is 1. The van der Waals surface area contributed by atoms with Crippen molar-refractivity contribution in [3.05, 3.63) is 29.8 Å². The molecule has 2 heterocycles. The van der Waals surface area contributed by atoms with Gasteiger partial charge in [0.2, 0.25) is 5.91 Å². The number of rotatable bonds is 5. The van der Waals surface area contributed by atoms with Gasteiger partial charge in [0, 0.05) is 37.2 Å². The fourth-order valence-electron chi connectivity index (χ4n) is 3.38. The number of amidine groups is 1. The zero-order valence-electron chi connectivity index (χ0n) is 15.2. The Balaban J connectivity index is 1.50. The van der Waals surface area contributed by atoms with E-state index in [1.54, 1.807) is 24.3 Å². The molecule has 7 nitrogen and oxygen atoms in total. The number of fused-ring (bicyclic) bond motifs is 1. The van der Waals surface area contributed by atoms with Crippen LogP contribution in [0.4, 0.5) is 0 Å². The predicted molar refractivity (Wildman–Crippen MR) is 101 cm³/mol. The van der Waals surface area contributed by atoms with Gasteiger partial charge in [-0.05, 0) is 38.8 Å². The van der Waals surface area contributed by atoms with E-state index in [9.17, 15) is 13.2 Å². The first-order valence-electron chi connectivity index (χ1n) is 9.07. The molecular weight excluding hydrogens is 352 g/mol. The fraction of sp³-hybridized carbons (Fsp3) is 0.556. The number of amides is 1. The van der Waals surface area contributed by atoms with Crippen molar-refractivity contribution in [2.24, 2.45) is 4.99 Å². The number of carbonyl (C=O) groups excluding carboxylic acids is 1. The van der Waals surface area contributed by atoms with Crippen molar-refractivity contribution in [1.82, 2.24) is 14.9 Å². The Hall–Kier alpha value is -1.93. The second-order valence-corrected chi connectivity index (χ2v) is 8.70. The van der Waals surface area contributed by atoms with Crippen LogP contribution in [0.5, 0.6) is 0 Å². The molecule has 1 amide bonds. The largest absolute Gasteiger partial charge is 0.353 e. The summed E-state index contributed by atoms with van der Waals surface area (Å²) in [6.07, 6.45) is 2.18. The van der Waals surface area contributed by atoms with Crippen molar-refractivity contribution in [2.75, 3.05) is 19.6 Å². The lowest BCUT2D eigenvalue weighted by molar-refractivity contribution is -0.121. The summed E-state index contributed by atoms with van der Waals surface area (Å²) in [5, 5.41) is 3.07. The number of hydrogen-bond acceptors (Lipinski definition) is 5. The number of likely N-dealkylation sites (tertiary alicyclic amines) is 1. The number of nitrogens with one attached hydrogen (secondary N) is 2. The van der Waals surface area contributed by atoms with Gasteiger partial charge >= 0.3 is 0 Å². The summed E-state index contributed by atoms with van der Waals surface area (Å²) >= 11 is 0.